The average molecular weight is 429 g/mol. The van der Waals surface area contributed by atoms with E-state index in [9.17, 15) is 14.4 Å². The van der Waals surface area contributed by atoms with Crippen LogP contribution < -0.4 is 20.1 Å². The lowest BCUT2D eigenvalue weighted by molar-refractivity contribution is -0.119. The molecule has 0 radical (unpaired) electrons. The molecule has 1 aromatic carbocycles. The van der Waals surface area contributed by atoms with Gasteiger partial charge in [0.2, 0.25) is 0 Å². The zero-order valence-corrected chi connectivity index (χ0v) is 16.9. The van der Waals surface area contributed by atoms with E-state index in [4.69, 9.17) is 23.2 Å². The summed E-state index contributed by atoms with van der Waals surface area (Å²) in [6, 6.07) is 7.25. The summed E-state index contributed by atoms with van der Waals surface area (Å²) in [6.07, 6.45) is 1.34. The first kappa shape index (κ1) is 21.4. The van der Waals surface area contributed by atoms with Gasteiger partial charge in [-0.1, -0.05) is 5.16 Å². The Morgan fingerprint density at radius 1 is 1.06 bits per heavy atom. The highest BCUT2D eigenvalue weighted by Crippen LogP contribution is 2.34. The summed E-state index contributed by atoms with van der Waals surface area (Å²) >= 11 is 0. The van der Waals surface area contributed by atoms with Gasteiger partial charge >= 0.3 is 5.97 Å². The van der Waals surface area contributed by atoms with Crippen molar-refractivity contribution in [3.8, 4) is 11.5 Å². The first-order chi connectivity index (χ1) is 14.9. The van der Waals surface area contributed by atoms with Crippen molar-refractivity contribution >= 4 is 29.3 Å². The number of hydrogen-bond acceptors (Lipinski definition) is 9. The number of aryl methyl sites for hydroxylation is 1. The number of furan rings is 1. The number of nitrogens with zero attached hydrogens (tertiary/aromatic N) is 1. The third-order valence-corrected chi connectivity index (χ3v) is 3.97. The van der Waals surface area contributed by atoms with Gasteiger partial charge in [0, 0.05) is 18.2 Å². The molecule has 2 amide bonds. The van der Waals surface area contributed by atoms with Crippen LogP contribution in [0.4, 0.5) is 11.5 Å². The summed E-state index contributed by atoms with van der Waals surface area (Å²) in [5.74, 6) is -0.848. The van der Waals surface area contributed by atoms with Gasteiger partial charge in [-0.25, -0.2) is 4.79 Å². The molecule has 0 unspecified atom stereocenters. The van der Waals surface area contributed by atoms with Crippen LogP contribution in [-0.2, 0) is 9.53 Å². The monoisotopic (exact) mass is 429 g/mol. The van der Waals surface area contributed by atoms with Crippen molar-refractivity contribution in [2.75, 3.05) is 31.5 Å². The molecule has 0 aliphatic rings. The van der Waals surface area contributed by atoms with Crippen LogP contribution in [0.1, 0.15) is 26.7 Å². The van der Waals surface area contributed by atoms with Crippen LogP contribution in [-0.4, -0.2) is 43.8 Å². The molecule has 2 N–H and O–H groups in total. The Hall–Kier alpha value is -4.28. The van der Waals surface area contributed by atoms with E-state index in [2.05, 4.69) is 15.8 Å². The molecule has 2 heterocycles. The topological polar surface area (TPSA) is 142 Å². The molecule has 0 aliphatic heterocycles. The molecule has 0 saturated heterocycles. The quantitative estimate of drug-likeness (QED) is 0.517. The Kier molecular flexibility index (Phi) is 6.55. The first-order valence-electron chi connectivity index (χ1n) is 8.92. The van der Waals surface area contributed by atoms with Gasteiger partial charge in [-0.15, -0.1) is 0 Å². The molecule has 3 rings (SSSR count). The standard InChI is InChI=1S/C20H19N3O8/c1-11-7-17(23-31-11)22-18(24)10-30-20(26)12-8-15(27-2)16(28-3)9-13(12)21-19(25)14-5-4-6-29-14/h4-9H,10H2,1-3H3,(H,21,25)(H,22,23,24). The Morgan fingerprint density at radius 2 is 1.81 bits per heavy atom. The largest absolute Gasteiger partial charge is 0.493 e. The molecule has 0 aliphatic carbocycles. The van der Waals surface area contributed by atoms with E-state index in [0.717, 1.165) is 0 Å². The minimum atomic E-state index is -0.873. The number of hydrogen-bond donors (Lipinski definition) is 2. The van der Waals surface area contributed by atoms with E-state index in [0.29, 0.717) is 5.76 Å². The van der Waals surface area contributed by atoms with Gasteiger partial charge in [0.25, 0.3) is 11.8 Å². The second kappa shape index (κ2) is 9.48. The van der Waals surface area contributed by atoms with Crippen LogP contribution >= 0.6 is 0 Å². The molecular weight excluding hydrogens is 410 g/mol. The van der Waals surface area contributed by atoms with Crippen molar-refractivity contribution < 1.29 is 37.5 Å². The van der Waals surface area contributed by atoms with E-state index >= 15 is 0 Å². The molecule has 11 heteroatoms. The van der Waals surface area contributed by atoms with Crippen molar-refractivity contribution in [2.24, 2.45) is 0 Å². The van der Waals surface area contributed by atoms with Crippen LogP contribution in [0.3, 0.4) is 0 Å². The second-order valence-electron chi connectivity index (χ2n) is 6.13. The molecular formula is C20H19N3O8. The Labute approximate surface area is 176 Å². The van der Waals surface area contributed by atoms with Gasteiger partial charge in [0.15, 0.2) is 29.7 Å². The zero-order chi connectivity index (χ0) is 22.4. The predicted molar refractivity (Wildman–Crippen MR) is 106 cm³/mol. The number of carbonyl (C=O) groups is 3. The number of esters is 1. The summed E-state index contributed by atoms with van der Waals surface area (Å²) < 4.78 is 25.4. The van der Waals surface area contributed by atoms with Gasteiger partial charge in [0.05, 0.1) is 31.7 Å². The summed E-state index contributed by atoms with van der Waals surface area (Å²) in [6.45, 7) is 1.07. The number of amides is 2. The highest BCUT2D eigenvalue weighted by atomic mass is 16.5. The van der Waals surface area contributed by atoms with Crippen LogP contribution in [0.15, 0.2) is 45.5 Å². The Balaban J connectivity index is 1.77. The summed E-state index contributed by atoms with van der Waals surface area (Å²) in [5, 5.41) is 8.61. The fourth-order valence-electron chi connectivity index (χ4n) is 2.56. The summed E-state index contributed by atoms with van der Waals surface area (Å²) in [5.41, 5.74) is 0.0271. The van der Waals surface area contributed by atoms with Gasteiger partial charge < -0.3 is 33.8 Å². The van der Waals surface area contributed by atoms with Crippen molar-refractivity contribution in [3.63, 3.8) is 0 Å². The molecule has 0 fully saturated rings. The normalized spacial score (nSPS) is 10.3. The fraction of sp³-hybridized carbons (Fsp3) is 0.200. The molecule has 0 saturated carbocycles. The molecule has 2 aromatic heterocycles. The predicted octanol–water partition coefficient (Wildman–Crippen LogP) is 2.64. The number of carbonyl (C=O) groups excluding carboxylic acids is 3. The maximum atomic E-state index is 12.7. The van der Waals surface area contributed by atoms with E-state index in [-0.39, 0.29) is 34.3 Å². The maximum Gasteiger partial charge on any atom is 0.340 e. The van der Waals surface area contributed by atoms with E-state index in [1.54, 1.807) is 13.0 Å². The van der Waals surface area contributed by atoms with Crippen LogP contribution in [0.25, 0.3) is 0 Å². The van der Waals surface area contributed by atoms with Crippen molar-refractivity contribution in [2.45, 2.75) is 6.92 Å². The van der Waals surface area contributed by atoms with E-state index < -0.39 is 24.4 Å². The summed E-state index contributed by atoms with van der Waals surface area (Å²) in [7, 11) is 2.80. The molecule has 0 atom stereocenters. The smallest absolute Gasteiger partial charge is 0.340 e. The SMILES string of the molecule is COc1cc(NC(=O)c2ccco2)c(C(=O)OCC(=O)Nc2cc(C)on2)cc1OC. The lowest BCUT2D eigenvalue weighted by Gasteiger charge is -2.15. The van der Waals surface area contributed by atoms with Gasteiger partial charge in [0.1, 0.15) is 5.76 Å². The van der Waals surface area contributed by atoms with Crippen molar-refractivity contribution in [1.29, 1.82) is 0 Å². The van der Waals surface area contributed by atoms with Gasteiger partial charge in [-0.2, -0.15) is 0 Å². The third-order valence-electron chi connectivity index (χ3n) is 3.97. The highest BCUT2D eigenvalue weighted by molar-refractivity contribution is 6.07. The zero-order valence-electron chi connectivity index (χ0n) is 16.9. The lowest BCUT2D eigenvalue weighted by Crippen LogP contribution is -2.22. The van der Waals surface area contributed by atoms with Crippen LogP contribution in [0.5, 0.6) is 11.5 Å². The molecule has 162 valence electrons. The summed E-state index contributed by atoms with van der Waals surface area (Å²) in [4.78, 5) is 37.0. The average Bonchev–Trinajstić information content (AvgIpc) is 3.43. The number of methoxy groups -OCH3 is 2. The van der Waals surface area contributed by atoms with Crippen LogP contribution in [0, 0.1) is 6.92 Å². The number of rotatable bonds is 8. The van der Waals surface area contributed by atoms with E-state index in [1.165, 1.54) is 44.7 Å². The maximum absolute atomic E-state index is 12.7. The van der Waals surface area contributed by atoms with Crippen molar-refractivity contribution in [3.05, 3.63) is 53.7 Å². The molecule has 11 nitrogen and oxygen atoms in total. The molecule has 3 aromatic rings. The number of nitrogens with one attached hydrogen (secondary N) is 2. The highest BCUT2D eigenvalue weighted by Gasteiger charge is 2.22. The lowest BCUT2D eigenvalue weighted by atomic mass is 10.1. The van der Waals surface area contributed by atoms with Gasteiger partial charge in [-0.3, -0.25) is 9.59 Å². The Bertz CT molecular complexity index is 1090. The molecule has 0 spiro atoms. The van der Waals surface area contributed by atoms with Gasteiger partial charge in [-0.05, 0) is 19.1 Å². The minimum absolute atomic E-state index is 0.0383. The molecule has 31 heavy (non-hydrogen) atoms. The number of aromatic nitrogens is 1. The third kappa shape index (κ3) is 5.21. The number of ether oxygens (including phenoxy) is 3. The Morgan fingerprint density at radius 3 is 2.42 bits per heavy atom. The number of benzene rings is 1. The number of anilines is 2. The van der Waals surface area contributed by atoms with Crippen molar-refractivity contribution in [1.82, 2.24) is 5.16 Å². The molecule has 0 bridgehead atoms. The first-order valence-corrected chi connectivity index (χ1v) is 8.92. The van der Waals surface area contributed by atoms with E-state index in [1.807, 2.05) is 0 Å². The minimum Gasteiger partial charge on any atom is -0.493 e. The second-order valence-corrected chi connectivity index (χ2v) is 6.13. The fourth-order valence-corrected chi connectivity index (χ4v) is 2.56. The van der Waals surface area contributed by atoms with Crippen LogP contribution in [0.2, 0.25) is 0 Å².